The van der Waals surface area contributed by atoms with Crippen molar-refractivity contribution in [2.24, 2.45) is 0 Å². The molecule has 1 aliphatic rings. The van der Waals surface area contributed by atoms with Crippen LogP contribution in [0, 0.1) is 10.1 Å². The average Bonchev–Trinajstić information content (AvgIpc) is 3.14. The second kappa shape index (κ2) is 12.6. The Balaban J connectivity index is 2.21. The number of nitrogens with zero attached hydrogens (tertiary/aromatic N) is 2. The molecule has 11 nitrogen and oxygen atoms in total. The van der Waals surface area contributed by atoms with Gasteiger partial charge in [-0.2, -0.15) is 0 Å². The summed E-state index contributed by atoms with van der Waals surface area (Å²) < 4.78 is 28.7. The Labute approximate surface area is 200 Å². The Morgan fingerprint density at radius 2 is 1.56 bits per heavy atom. The molecule has 1 atom stereocenters. The third-order valence-corrected chi connectivity index (χ3v) is 8.32. The maximum absolute atomic E-state index is 12.1. The smallest absolute Gasteiger partial charge is 0.493 e. The minimum absolute atomic E-state index is 0.162. The monoisotopic (exact) mass is 496 g/mol. The first kappa shape index (κ1) is 27.4. The molecule has 0 fully saturated rings. The Hall–Kier alpha value is -2.80. The summed E-state index contributed by atoms with van der Waals surface area (Å²) >= 11 is 0. The van der Waals surface area contributed by atoms with Crippen LogP contribution in [0.25, 0.3) is 0 Å². The normalized spacial score (nSPS) is 14.6. The molecule has 1 aromatic rings. The van der Waals surface area contributed by atoms with Gasteiger partial charge in [0.1, 0.15) is 0 Å². The third kappa shape index (κ3) is 6.41. The summed E-state index contributed by atoms with van der Waals surface area (Å²) in [5.74, 6) is -0.630. The maximum Gasteiger partial charge on any atom is 0.501 e. The highest BCUT2D eigenvalue weighted by molar-refractivity contribution is 6.60. The number of carbonyl (C=O) groups is 2. The third-order valence-electron chi connectivity index (χ3n) is 5.17. The number of hydrogen-bond acceptors (Lipinski definition) is 9. The predicted octanol–water partition coefficient (Wildman–Crippen LogP) is 3.41. The molecule has 2 amide bonds. The van der Waals surface area contributed by atoms with Gasteiger partial charge < -0.3 is 22.8 Å². The molecule has 0 radical (unpaired) electrons. The molecule has 0 aromatic heterocycles. The lowest BCUT2D eigenvalue weighted by Crippen LogP contribution is -2.46. The van der Waals surface area contributed by atoms with Crippen molar-refractivity contribution in [3.8, 4) is 11.5 Å². The van der Waals surface area contributed by atoms with Crippen LogP contribution >= 0.6 is 0 Å². The second-order valence-corrected chi connectivity index (χ2v) is 10.0. The lowest BCUT2D eigenvalue weighted by atomic mass is 10.0. The first-order chi connectivity index (χ1) is 16.2. The fourth-order valence-electron chi connectivity index (χ4n) is 3.73. The molecule has 2 rings (SSSR count). The molecule has 1 aromatic carbocycles. The zero-order valence-electron chi connectivity index (χ0n) is 20.2. The number of amides is 2. The topological polar surface area (TPSA) is 127 Å². The molecule has 0 saturated heterocycles. The first-order valence-corrected chi connectivity index (χ1v) is 13.1. The molecule has 0 bridgehead atoms. The van der Waals surface area contributed by atoms with E-state index in [0.717, 1.165) is 17.1 Å². The molecule has 1 unspecified atom stereocenters. The van der Waals surface area contributed by atoms with Crippen LogP contribution in [-0.2, 0) is 22.9 Å². The summed E-state index contributed by atoms with van der Waals surface area (Å²) in [4.78, 5) is 36.3. The van der Waals surface area contributed by atoms with Crippen LogP contribution in [0.5, 0.6) is 11.5 Å². The fraction of sp³-hybridized carbons (Fsp3) is 0.545. The summed E-state index contributed by atoms with van der Waals surface area (Å²) in [5, 5.41) is 11.8. The van der Waals surface area contributed by atoms with E-state index in [-0.39, 0.29) is 29.4 Å². The lowest BCUT2D eigenvalue weighted by molar-refractivity contribution is -0.385. The summed E-state index contributed by atoms with van der Waals surface area (Å²) in [6, 6.07) is 2.33. The number of nitro benzene ring substituents is 1. The van der Waals surface area contributed by atoms with Crippen molar-refractivity contribution in [1.82, 2.24) is 4.90 Å². The molecule has 0 aliphatic carbocycles. The van der Waals surface area contributed by atoms with Gasteiger partial charge in [0.15, 0.2) is 11.5 Å². The van der Waals surface area contributed by atoms with Gasteiger partial charge in [-0.05, 0) is 40.2 Å². The Morgan fingerprint density at radius 1 is 1.00 bits per heavy atom. The van der Waals surface area contributed by atoms with Crippen LogP contribution in [0.4, 0.5) is 5.69 Å². The van der Waals surface area contributed by atoms with Gasteiger partial charge in [-0.15, -0.1) is 0 Å². The number of carbonyl (C=O) groups excluding carboxylic acids is 2. The molecule has 1 heterocycles. The number of hydrogen-bond donors (Lipinski definition) is 0. The molecular weight excluding hydrogens is 464 g/mol. The van der Waals surface area contributed by atoms with Crippen molar-refractivity contribution in [2.45, 2.75) is 46.2 Å². The van der Waals surface area contributed by atoms with Crippen molar-refractivity contribution in [3.63, 3.8) is 0 Å². The van der Waals surface area contributed by atoms with Crippen LogP contribution in [0.1, 0.15) is 45.7 Å². The van der Waals surface area contributed by atoms with Crippen molar-refractivity contribution < 1.29 is 37.3 Å². The van der Waals surface area contributed by atoms with E-state index in [4.69, 9.17) is 22.8 Å². The maximum atomic E-state index is 12.1. The van der Waals surface area contributed by atoms with Crippen LogP contribution in [-0.4, -0.2) is 64.0 Å². The number of methoxy groups -OCH3 is 1. The van der Waals surface area contributed by atoms with Crippen LogP contribution in [0.15, 0.2) is 24.3 Å². The molecule has 0 saturated carbocycles. The minimum Gasteiger partial charge on any atom is -0.493 e. The van der Waals surface area contributed by atoms with Gasteiger partial charge in [0.2, 0.25) is 0 Å². The van der Waals surface area contributed by atoms with E-state index >= 15 is 0 Å². The zero-order chi connectivity index (χ0) is 25.3. The average molecular weight is 497 g/mol. The van der Waals surface area contributed by atoms with Gasteiger partial charge in [0.05, 0.1) is 36.3 Å². The first-order valence-electron chi connectivity index (χ1n) is 11.2. The molecule has 1 aliphatic heterocycles. The van der Waals surface area contributed by atoms with E-state index in [1.165, 1.54) is 19.2 Å². The number of ether oxygens (including phenoxy) is 2. The summed E-state index contributed by atoms with van der Waals surface area (Å²) in [6.07, 6.45) is 2.80. The Kier molecular flexibility index (Phi) is 10.2. The molecule has 0 N–H and O–H groups in total. The van der Waals surface area contributed by atoms with Crippen LogP contribution < -0.4 is 9.47 Å². The van der Waals surface area contributed by atoms with Crippen LogP contribution in [0.2, 0.25) is 6.04 Å². The fourth-order valence-corrected chi connectivity index (χ4v) is 6.31. The SMILES string of the molecule is CCO[Si](CCCOc1cc([N+](=O)[O-])c(C(C)N2C(=O)C=CC2=O)cc1OC)(OCC)OCC. The molecular formula is C22H32N2O9Si. The zero-order valence-corrected chi connectivity index (χ0v) is 21.2. The van der Waals surface area contributed by atoms with E-state index in [0.29, 0.717) is 32.3 Å². The van der Waals surface area contributed by atoms with Crippen molar-refractivity contribution in [3.05, 3.63) is 40.0 Å². The summed E-state index contributed by atoms with van der Waals surface area (Å²) in [6.45, 7) is 8.79. The highest BCUT2D eigenvalue weighted by Gasteiger charge is 2.40. The second-order valence-electron chi connectivity index (χ2n) is 7.31. The van der Waals surface area contributed by atoms with Crippen molar-refractivity contribution >= 4 is 26.3 Å². The molecule has 188 valence electrons. The van der Waals surface area contributed by atoms with E-state index in [1.54, 1.807) is 6.92 Å². The van der Waals surface area contributed by atoms with Crippen LogP contribution in [0.3, 0.4) is 0 Å². The van der Waals surface area contributed by atoms with Crippen molar-refractivity contribution in [1.29, 1.82) is 0 Å². The van der Waals surface area contributed by atoms with Gasteiger partial charge in [-0.25, -0.2) is 0 Å². The van der Waals surface area contributed by atoms with Gasteiger partial charge in [-0.1, -0.05) is 0 Å². The largest absolute Gasteiger partial charge is 0.501 e. The minimum atomic E-state index is -2.83. The lowest BCUT2D eigenvalue weighted by Gasteiger charge is -2.28. The molecule has 34 heavy (non-hydrogen) atoms. The van der Waals surface area contributed by atoms with Gasteiger partial charge in [0.25, 0.3) is 17.5 Å². The number of nitro groups is 1. The van der Waals surface area contributed by atoms with E-state index in [9.17, 15) is 19.7 Å². The van der Waals surface area contributed by atoms with E-state index < -0.39 is 31.6 Å². The Bertz CT molecular complexity index is 887. The van der Waals surface area contributed by atoms with Crippen molar-refractivity contribution in [2.75, 3.05) is 33.5 Å². The number of benzene rings is 1. The standard InChI is InChI=1S/C22H32N2O9Si/c1-6-31-34(32-7-2,33-8-3)13-9-12-30-20-15-18(24(27)28)17(14-19(20)29-5)16(4)23-21(25)10-11-22(23)26/h10-11,14-16H,6-9,12-13H2,1-5H3. The highest BCUT2D eigenvalue weighted by Crippen LogP contribution is 2.40. The number of rotatable bonds is 15. The van der Waals surface area contributed by atoms with E-state index in [1.807, 2.05) is 20.8 Å². The van der Waals surface area contributed by atoms with E-state index in [2.05, 4.69) is 0 Å². The summed E-state index contributed by atoms with van der Waals surface area (Å²) in [7, 11) is -1.42. The predicted molar refractivity (Wildman–Crippen MR) is 125 cm³/mol. The summed E-state index contributed by atoms with van der Waals surface area (Å²) in [5.41, 5.74) is -0.118. The van der Waals surface area contributed by atoms with Gasteiger partial charge in [-0.3, -0.25) is 24.6 Å². The number of imide groups is 1. The van der Waals surface area contributed by atoms with Gasteiger partial charge >= 0.3 is 8.80 Å². The molecule has 12 heteroatoms. The highest BCUT2D eigenvalue weighted by atomic mass is 28.4. The Morgan fingerprint density at radius 3 is 2.03 bits per heavy atom. The quantitative estimate of drug-likeness (QED) is 0.118. The molecule has 0 spiro atoms. The van der Waals surface area contributed by atoms with Gasteiger partial charge in [0, 0.05) is 38.0 Å².